The average molecular weight is 572 g/mol. The molecule has 0 aliphatic rings. The lowest BCUT2D eigenvalue weighted by Crippen LogP contribution is -2.24. The van der Waals surface area contributed by atoms with Crippen molar-refractivity contribution in [2.75, 3.05) is 7.11 Å². The van der Waals surface area contributed by atoms with E-state index in [1.54, 1.807) is 30.3 Å². The van der Waals surface area contributed by atoms with E-state index >= 15 is 0 Å². The Morgan fingerprint density at radius 3 is 2.42 bits per heavy atom. The third kappa shape index (κ3) is 6.19. The number of H-pyrrole nitrogens is 2. The Kier molecular flexibility index (Phi) is 8.01. The second-order valence-corrected chi connectivity index (χ2v) is 8.73. The van der Waals surface area contributed by atoms with E-state index in [1.165, 1.54) is 13.2 Å². The Bertz CT molecular complexity index is 1740. The van der Waals surface area contributed by atoms with Gasteiger partial charge in [0.1, 0.15) is 17.3 Å². The van der Waals surface area contributed by atoms with Crippen molar-refractivity contribution in [3.63, 3.8) is 0 Å². The van der Waals surface area contributed by atoms with Crippen LogP contribution in [0, 0.1) is 11.3 Å². The maximum absolute atomic E-state index is 14.0. The number of nitrogens with zero attached hydrogens (tertiary/aromatic N) is 3. The molecule has 0 spiro atoms. The van der Waals surface area contributed by atoms with E-state index in [2.05, 4.69) is 20.2 Å². The molecule has 0 unspecified atom stereocenters. The number of aromatic nitrogens is 4. The quantitative estimate of drug-likeness (QED) is 0.299. The second kappa shape index (κ2) is 11.4. The number of hydrogen-bond acceptors (Lipinski definition) is 8. The predicted molar refractivity (Wildman–Crippen MR) is 135 cm³/mol. The number of carbonyl (C=O) groups excluding carboxylic acids is 1. The van der Waals surface area contributed by atoms with E-state index < -0.39 is 41.0 Å². The first-order chi connectivity index (χ1) is 19.0. The number of aldehydes is 1. The standard InChI is InChI=1S/C26H17ClF3N5O5/c1-39-16-4-2-13(3-5-16)8-18-19(12-36)24(37)35-34-20(18)10-21-32-23(26(28,29)30)22(25(38)33-21)40-17-7-14(11-31)6-15(27)9-17/h2-7,9,12H,8,10H2,1H3,(H,35,37)(H,32,33,38). The lowest BCUT2D eigenvalue weighted by atomic mass is 9.98. The minimum atomic E-state index is -5.12. The number of nitriles is 1. The van der Waals surface area contributed by atoms with E-state index in [9.17, 15) is 27.6 Å². The summed E-state index contributed by atoms with van der Waals surface area (Å²) >= 11 is 5.89. The van der Waals surface area contributed by atoms with E-state index in [-0.39, 0.29) is 39.6 Å². The number of methoxy groups -OCH3 is 1. The summed E-state index contributed by atoms with van der Waals surface area (Å²) in [5, 5.41) is 15.1. The minimum Gasteiger partial charge on any atom is -0.497 e. The number of rotatable bonds is 8. The fourth-order valence-electron chi connectivity index (χ4n) is 3.80. The van der Waals surface area contributed by atoms with Gasteiger partial charge in [-0.15, -0.1) is 0 Å². The molecule has 4 rings (SSSR count). The van der Waals surface area contributed by atoms with Crippen LogP contribution >= 0.6 is 11.6 Å². The lowest BCUT2D eigenvalue weighted by Gasteiger charge is -2.15. The molecule has 14 heteroatoms. The highest BCUT2D eigenvalue weighted by molar-refractivity contribution is 6.30. The van der Waals surface area contributed by atoms with Gasteiger partial charge in [-0.05, 0) is 41.5 Å². The summed E-state index contributed by atoms with van der Waals surface area (Å²) in [6.45, 7) is 0. The Balaban J connectivity index is 1.77. The Hall–Kier alpha value is -4.96. The molecule has 0 radical (unpaired) electrons. The van der Waals surface area contributed by atoms with Crippen LogP contribution in [0.1, 0.15) is 44.3 Å². The minimum absolute atomic E-state index is 0.00290. The maximum Gasteiger partial charge on any atom is 0.437 e. The molecule has 10 nitrogen and oxygen atoms in total. The molecule has 40 heavy (non-hydrogen) atoms. The van der Waals surface area contributed by atoms with Gasteiger partial charge in [-0.2, -0.15) is 23.5 Å². The Labute approximate surface area is 228 Å². The maximum atomic E-state index is 14.0. The monoisotopic (exact) mass is 571 g/mol. The number of alkyl halides is 3. The average Bonchev–Trinajstić information content (AvgIpc) is 2.91. The first kappa shape index (κ1) is 28.1. The van der Waals surface area contributed by atoms with Crippen molar-refractivity contribution in [1.29, 1.82) is 5.26 Å². The zero-order valence-corrected chi connectivity index (χ0v) is 21.2. The smallest absolute Gasteiger partial charge is 0.437 e. The normalized spacial score (nSPS) is 11.1. The highest BCUT2D eigenvalue weighted by atomic mass is 35.5. The molecule has 204 valence electrons. The van der Waals surface area contributed by atoms with Crippen molar-refractivity contribution in [1.82, 2.24) is 20.2 Å². The zero-order chi connectivity index (χ0) is 29.0. The summed E-state index contributed by atoms with van der Waals surface area (Å²) in [6, 6.07) is 12.0. The highest BCUT2D eigenvalue weighted by Gasteiger charge is 2.39. The van der Waals surface area contributed by atoms with Crippen molar-refractivity contribution in [3.8, 4) is 23.3 Å². The van der Waals surface area contributed by atoms with Crippen LogP contribution < -0.4 is 20.6 Å². The van der Waals surface area contributed by atoms with Crippen LogP contribution in [-0.4, -0.2) is 33.6 Å². The van der Waals surface area contributed by atoms with E-state index in [0.717, 1.165) is 12.1 Å². The van der Waals surface area contributed by atoms with Gasteiger partial charge in [-0.3, -0.25) is 14.4 Å². The Morgan fingerprint density at radius 2 is 1.80 bits per heavy atom. The van der Waals surface area contributed by atoms with Gasteiger partial charge in [0.25, 0.3) is 11.1 Å². The van der Waals surface area contributed by atoms with Gasteiger partial charge in [0, 0.05) is 11.4 Å². The topological polar surface area (TPSA) is 151 Å². The fraction of sp³-hybridized carbons (Fsp3) is 0.154. The molecule has 0 amide bonds. The van der Waals surface area contributed by atoms with Crippen molar-refractivity contribution in [2.24, 2.45) is 0 Å². The molecular weight excluding hydrogens is 555 g/mol. The summed E-state index contributed by atoms with van der Waals surface area (Å²) in [4.78, 5) is 42.6. The van der Waals surface area contributed by atoms with Crippen molar-refractivity contribution < 1.29 is 27.4 Å². The number of ether oxygens (including phenoxy) is 2. The van der Waals surface area contributed by atoms with Crippen LogP contribution in [0.15, 0.2) is 52.1 Å². The predicted octanol–water partition coefficient (Wildman–Crippen LogP) is 4.19. The van der Waals surface area contributed by atoms with Crippen molar-refractivity contribution in [2.45, 2.75) is 19.0 Å². The first-order valence-corrected chi connectivity index (χ1v) is 11.7. The van der Waals surface area contributed by atoms with Gasteiger partial charge in [-0.25, -0.2) is 10.1 Å². The number of nitrogens with one attached hydrogen (secondary N) is 2. The first-order valence-electron chi connectivity index (χ1n) is 11.3. The molecule has 2 N–H and O–H groups in total. The second-order valence-electron chi connectivity index (χ2n) is 8.29. The van der Waals surface area contributed by atoms with Crippen molar-refractivity contribution in [3.05, 3.63) is 108 Å². The number of hydrogen-bond donors (Lipinski definition) is 2. The SMILES string of the molecule is COc1ccc(Cc2c(Cc3nc(C(F)(F)F)c(Oc4cc(Cl)cc(C#N)c4)c(=O)[nH]3)n[nH]c(=O)c2C=O)cc1. The molecule has 2 heterocycles. The van der Waals surface area contributed by atoms with Gasteiger partial charge in [0.05, 0.1) is 36.4 Å². The van der Waals surface area contributed by atoms with Gasteiger partial charge < -0.3 is 14.5 Å². The number of carbonyl (C=O) groups is 1. The molecule has 0 saturated carbocycles. The van der Waals surface area contributed by atoms with Crippen molar-refractivity contribution >= 4 is 17.9 Å². The molecule has 0 saturated heterocycles. The third-order valence-electron chi connectivity index (χ3n) is 5.62. The molecule has 2 aromatic heterocycles. The molecule has 0 aliphatic carbocycles. The molecule has 4 aromatic rings. The fourth-order valence-corrected chi connectivity index (χ4v) is 4.02. The molecular formula is C26H17ClF3N5O5. The summed E-state index contributed by atoms with van der Waals surface area (Å²) < 4.78 is 52.2. The Morgan fingerprint density at radius 1 is 1.07 bits per heavy atom. The summed E-state index contributed by atoms with van der Waals surface area (Å²) in [5.41, 5.74) is -3.17. The highest BCUT2D eigenvalue weighted by Crippen LogP contribution is 2.35. The molecule has 0 fully saturated rings. The van der Waals surface area contributed by atoms with Gasteiger partial charge in [0.2, 0.25) is 5.75 Å². The van der Waals surface area contributed by atoms with Gasteiger partial charge >= 0.3 is 6.18 Å². The van der Waals surface area contributed by atoms with Crippen LogP contribution in [0.5, 0.6) is 17.2 Å². The largest absolute Gasteiger partial charge is 0.497 e. The molecule has 0 aliphatic heterocycles. The van der Waals surface area contributed by atoms with Crippen LogP contribution in [0.25, 0.3) is 0 Å². The van der Waals surface area contributed by atoms with Gasteiger partial charge in [0.15, 0.2) is 12.0 Å². The van der Waals surface area contributed by atoms with Gasteiger partial charge in [-0.1, -0.05) is 23.7 Å². The van der Waals surface area contributed by atoms with E-state index in [4.69, 9.17) is 26.3 Å². The van der Waals surface area contributed by atoms with Crippen LogP contribution in [-0.2, 0) is 19.0 Å². The molecule has 0 atom stereocenters. The van der Waals surface area contributed by atoms with Crippen LogP contribution in [0.3, 0.4) is 0 Å². The number of benzene rings is 2. The number of aromatic amines is 2. The van der Waals surface area contributed by atoms with Crippen LogP contribution in [0.4, 0.5) is 13.2 Å². The lowest BCUT2D eigenvalue weighted by molar-refractivity contribution is -0.142. The van der Waals surface area contributed by atoms with Crippen LogP contribution in [0.2, 0.25) is 5.02 Å². The zero-order valence-electron chi connectivity index (χ0n) is 20.4. The summed E-state index contributed by atoms with van der Waals surface area (Å²) in [7, 11) is 1.48. The molecule has 0 bridgehead atoms. The van der Waals surface area contributed by atoms with E-state index in [1.807, 2.05) is 0 Å². The van der Waals surface area contributed by atoms with E-state index in [0.29, 0.717) is 17.6 Å². The summed E-state index contributed by atoms with van der Waals surface area (Å²) in [5.74, 6) is -1.34. The number of halogens is 4. The summed E-state index contributed by atoms with van der Waals surface area (Å²) in [6.07, 6.45) is -5.25. The third-order valence-corrected chi connectivity index (χ3v) is 5.84. The molecule has 2 aromatic carbocycles.